The molecule has 1 aliphatic rings. The highest BCUT2D eigenvalue weighted by atomic mass is 32.2. The van der Waals surface area contributed by atoms with Gasteiger partial charge in [-0.05, 0) is 61.9 Å². The highest BCUT2D eigenvalue weighted by molar-refractivity contribution is 7.92. The van der Waals surface area contributed by atoms with Gasteiger partial charge in [-0.15, -0.1) is 0 Å². The van der Waals surface area contributed by atoms with Gasteiger partial charge in [-0.25, -0.2) is 27.2 Å². The molecule has 1 aliphatic heterocycles. The van der Waals surface area contributed by atoms with E-state index in [2.05, 4.69) is 10.6 Å². The number of nitrogen functional groups attached to an aromatic ring is 1. The van der Waals surface area contributed by atoms with E-state index in [1.54, 1.807) is 6.92 Å². The number of amides is 3. The van der Waals surface area contributed by atoms with Crippen molar-refractivity contribution in [3.05, 3.63) is 89.7 Å². The first-order valence-corrected chi connectivity index (χ1v) is 14.7. The molecule has 0 bridgehead atoms. The van der Waals surface area contributed by atoms with E-state index in [1.807, 2.05) is 0 Å². The summed E-state index contributed by atoms with van der Waals surface area (Å²) in [6, 6.07) is 12.2. The lowest BCUT2D eigenvalue weighted by Gasteiger charge is -2.31. The van der Waals surface area contributed by atoms with Gasteiger partial charge in [0.1, 0.15) is 11.9 Å². The average molecular weight is 613 g/mol. The Morgan fingerprint density at radius 1 is 1.05 bits per heavy atom. The number of anilines is 2. The smallest absolute Gasteiger partial charge is 0.338 e. The number of likely N-dealkylation sites (tertiary alicyclic amines) is 1. The number of nitrogens with two attached hydrogens (primary N) is 1. The molecule has 3 atom stereocenters. The number of hydrogen-bond acceptors (Lipinski definition) is 8. The maximum absolute atomic E-state index is 15.1. The number of carbonyl (C=O) groups excluding carboxylic acids is 3. The van der Waals surface area contributed by atoms with Gasteiger partial charge in [0, 0.05) is 16.9 Å². The largest absolute Gasteiger partial charge is 0.480 e. The minimum Gasteiger partial charge on any atom is -0.480 e. The van der Waals surface area contributed by atoms with Crippen LogP contribution in [0, 0.1) is 5.82 Å². The maximum atomic E-state index is 15.1. The zero-order valence-corrected chi connectivity index (χ0v) is 23.7. The standard InChI is InChI=1S/C29H29FN4O8S/c1-2-42-28(38)17-6-5-7-19(14-17)33-29(39)32-16-25(35)34-23(27(36)37)15-24(26(34)21-8-3-4-9-22(21)30)43(40,41)20-12-10-18(31)11-13-20/h3-14,23-24,26H,2,15-16,31H2,1H3,(H,36,37)(H2,32,33,39). The Labute approximate surface area is 246 Å². The first-order valence-electron chi connectivity index (χ1n) is 13.1. The lowest BCUT2D eigenvalue weighted by Crippen LogP contribution is -2.47. The van der Waals surface area contributed by atoms with E-state index >= 15 is 4.39 Å². The van der Waals surface area contributed by atoms with Crippen LogP contribution in [0.2, 0.25) is 0 Å². The Bertz CT molecular complexity index is 1650. The summed E-state index contributed by atoms with van der Waals surface area (Å²) in [5.74, 6) is -3.88. The third-order valence-corrected chi connectivity index (χ3v) is 9.06. The number of nitrogens with one attached hydrogen (secondary N) is 2. The van der Waals surface area contributed by atoms with Gasteiger partial charge in [0.25, 0.3) is 0 Å². The molecule has 5 N–H and O–H groups in total. The number of ether oxygens (including phenoxy) is 1. The maximum Gasteiger partial charge on any atom is 0.338 e. The predicted octanol–water partition coefficient (Wildman–Crippen LogP) is 2.98. The average Bonchev–Trinajstić information content (AvgIpc) is 3.39. The zero-order chi connectivity index (χ0) is 31.3. The first-order chi connectivity index (χ1) is 20.4. The molecule has 0 spiro atoms. The van der Waals surface area contributed by atoms with Crippen molar-refractivity contribution in [2.75, 3.05) is 24.2 Å². The highest BCUT2D eigenvalue weighted by Crippen LogP contribution is 2.43. The van der Waals surface area contributed by atoms with Gasteiger partial charge in [0.05, 0.1) is 34.9 Å². The van der Waals surface area contributed by atoms with Crippen LogP contribution in [0.15, 0.2) is 77.7 Å². The van der Waals surface area contributed by atoms with Gasteiger partial charge < -0.3 is 31.1 Å². The molecule has 14 heteroatoms. The molecule has 3 aromatic carbocycles. The van der Waals surface area contributed by atoms with Crippen molar-refractivity contribution in [3.63, 3.8) is 0 Å². The zero-order valence-electron chi connectivity index (χ0n) is 22.9. The molecule has 3 aromatic rings. The van der Waals surface area contributed by atoms with Crippen LogP contribution in [0.5, 0.6) is 0 Å². The Kier molecular flexibility index (Phi) is 9.29. The first kappa shape index (κ1) is 31.0. The molecule has 0 aliphatic carbocycles. The number of rotatable bonds is 9. The minimum absolute atomic E-state index is 0.156. The lowest BCUT2D eigenvalue weighted by atomic mass is 10.0. The van der Waals surface area contributed by atoms with Crippen molar-refractivity contribution in [3.8, 4) is 0 Å². The van der Waals surface area contributed by atoms with E-state index in [9.17, 15) is 32.7 Å². The monoisotopic (exact) mass is 612 g/mol. The van der Waals surface area contributed by atoms with Crippen LogP contribution in [0.4, 0.5) is 20.6 Å². The summed E-state index contributed by atoms with van der Waals surface area (Å²) in [6.45, 7) is 1.06. The normalized spacial score (nSPS) is 18.1. The molecule has 226 valence electrons. The molecule has 12 nitrogen and oxygen atoms in total. The SMILES string of the molecule is CCOC(=O)c1cccc(NC(=O)NCC(=O)N2C(C(=O)O)CC(S(=O)(=O)c3ccc(N)cc3)C2c2ccccc2F)c1. The summed E-state index contributed by atoms with van der Waals surface area (Å²) in [4.78, 5) is 51.0. The van der Waals surface area contributed by atoms with Gasteiger partial charge in [0.2, 0.25) is 5.91 Å². The second kappa shape index (κ2) is 12.9. The predicted molar refractivity (Wildman–Crippen MR) is 153 cm³/mol. The van der Waals surface area contributed by atoms with E-state index in [0.29, 0.717) is 5.69 Å². The van der Waals surface area contributed by atoms with Crippen LogP contribution in [0.1, 0.15) is 35.3 Å². The second-order valence-electron chi connectivity index (χ2n) is 9.62. The number of urea groups is 1. The molecule has 0 saturated carbocycles. The van der Waals surface area contributed by atoms with E-state index in [4.69, 9.17) is 10.5 Å². The summed E-state index contributed by atoms with van der Waals surface area (Å²) >= 11 is 0. The lowest BCUT2D eigenvalue weighted by molar-refractivity contribution is -0.149. The van der Waals surface area contributed by atoms with E-state index in [1.165, 1.54) is 66.7 Å². The Balaban J connectivity index is 1.61. The van der Waals surface area contributed by atoms with Crippen LogP contribution >= 0.6 is 0 Å². The summed E-state index contributed by atoms with van der Waals surface area (Å²) < 4.78 is 47.6. The van der Waals surface area contributed by atoms with Gasteiger partial charge in [-0.3, -0.25) is 4.79 Å². The Morgan fingerprint density at radius 3 is 2.40 bits per heavy atom. The molecule has 1 saturated heterocycles. The van der Waals surface area contributed by atoms with Gasteiger partial charge in [0.15, 0.2) is 9.84 Å². The molecule has 3 amide bonds. The number of esters is 1. The molecule has 0 aromatic heterocycles. The molecule has 1 fully saturated rings. The van der Waals surface area contributed by atoms with E-state index in [0.717, 1.165) is 11.0 Å². The van der Waals surface area contributed by atoms with E-state index in [-0.39, 0.29) is 28.3 Å². The topological polar surface area (TPSA) is 185 Å². The molecule has 0 radical (unpaired) electrons. The van der Waals surface area contributed by atoms with Crippen LogP contribution in [0.25, 0.3) is 0 Å². The van der Waals surface area contributed by atoms with E-state index < -0.39 is 69.8 Å². The number of sulfone groups is 1. The third-order valence-electron chi connectivity index (χ3n) is 6.88. The second-order valence-corrected chi connectivity index (χ2v) is 11.8. The van der Waals surface area contributed by atoms with Crippen LogP contribution < -0.4 is 16.4 Å². The molecular weight excluding hydrogens is 583 g/mol. The van der Waals surface area contributed by atoms with Crippen LogP contribution in [-0.2, 0) is 24.2 Å². The number of benzene rings is 3. The third kappa shape index (κ3) is 6.75. The Hall–Kier alpha value is -4.98. The Morgan fingerprint density at radius 2 is 1.74 bits per heavy atom. The number of carbonyl (C=O) groups is 4. The number of nitrogens with zero attached hydrogens (tertiary/aromatic N) is 1. The summed E-state index contributed by atoms with van der Waals surface area (Å²) in [7, 11) is -4.31. The fourth-order valence-corrected chi connectivity index (χ4v) is 6.86. The summed E-state index contributed by atoms with van der Waals surface area (Å²) in [5.41, 5.74) is 6.18. The van der Waals surface area contributed by atoms with Gasteiger partial charge >= 0.3 is 18.0 Å². The molecule has 4 rings (SSSR count). The number of aliphatic carboxylic acids is 1. The van der Waals surface area contributed by atoms with Crippen molar-refractivity contribution in [2.45, 2.75) is 35.6 Å². The number of halogens is 1. The molecule has 43 heavy (non-hydrogen) atoms. The fourth-order valence-electron chi connectivity index (χ4n) is 4.94. The van der Waals surface area contributed by atoms with Crippen molar-refractivity contribution < 1.29 is 41.8 Å². The number of carboxylic acid groups (broad SMARTS) is 1. The summed E-state index contributed by atoms with van der Waals surface area (Å²) in [6.07, 6.45) is -0.528. The number of carboxylic acids is 1. The van der Waals surface area contributed by atoms with Gasteiger partial charge in [-0.1, -0.05) is 24.3 Å². The fraction of sp³-hybridized carbons (Fsp3) is 0.241. The molecular formula is C29H29FN4O8S. The van der Waals surface area contributed by atoms with Crippen molar-refractivity contribution in [2.24, 2.45) is 0 Å². The quantitative estimate of drug-likeness (QED) is 0.208. The van der Waals surface area contributed by atoms with Crippen LogP contribution in [-0.4, -0.2) is 66.7 Å². The van der Waals surface area contributed by atoms with Crippen molar-refractivity contribution in [1.82, 2.24) is 10.2 Å². The summed E-state index contributed by atoms with van der Waals surface area (Å²) in [5, 5.41) is 13.2. The van der Waals surface area contributed by atoms with Crippen molar-refractivity contribution in [1.29, 1.82) is 0 Å². The van der Waals surface area contributed by atoms with Gasteiger partial charge in [-0.2, -0.15) is 0 Å². The molecule has 3 unspecified atom stereocenters. The van der Waals surface area contributed by atoms with Crippen molar-refractivity contribution >= 4 is 45.1 Å². The highest BCUT2D eigenvalue weighted by Gasteiger charge is 2.53. The number of hydrogen-bond donors (Lipinski definition) is 4. The minimum atomic E-state index is -4.31. The molecule has 1 heterocycles. The van der Waals surface area contributed by atoms with Crippen LogP contribution in [0.3, 0.4) is 0 Å².